The van der Waals surface area contributed by atoms with Gasteiger partial charge >= 0.3 is 5.97 Å². The number of carbonyl (C=O) groups excluding carboxylic acids is 2. The molecule has 0 aromatic heterocycles. The van der Waals surface area contributed by atoms with Crippen LogP contribution in [-0.4, -0.2) is 24.9 Å². The first-order valence-corrected chi connectivity index (χ1v) is 5.20. The van der Waals surface area contributed by atoms with Crippen LogP contribution in [0.1, 0.15) is 31.8 Å². The van der Waals surface area contributed by atoms with Gasteiger partial charge in [0.15, 0.2) is 5.96 Å². The number of hydrogen-bond acceptors (Lipinski definition) is 3. The largest absolute Gasteiger partial charge is 0.465 e. The van der Waals surface area contributed by atoms with Crippen molar-refractivity contribution in [2.75, 3.05) is 7.11 Å². The summed E-state index contributed by atoms with van der Waals surface area (Å²) in [5.74, 6) is -1.41. The Morgan fingerprint density at radius 2 is 1.67 bits per heavy atom. The van der Waals surface area contributed by atoms with E-state index < -0.39 is 11.9 Å². The van der Waals surface area contributed by atoms with Gasteiger partial charge in [-0.2, -0.15) is 4.99 Å². The SMILES string of the molecule is COC(=O)c1cc(C(=O)N=C(N)N)c(C)cc1C. The molecular weight excluding hydrogens is 234 g/mol. The minimum atomic E-state index is -0.586. The van der Waals surface area contributed by atoms with Crippen molar-refractivity contribution in [1.29, 1.82) is 0 Å². The molecule has 4 N–H and O–H groups in total. The predicted octanol–water partition coefficient (Wildman–Crippen LogP) is 0.504. The fourth-order valence-corrected chi connectivity index (χ4v) is 1.59. The lowest BCUT2D eigenvalue weighted by atomic mass is 9.99. The van der Waals surface area contributed by atoms with E-state index in [0.29, 0.717) is 11.1 Å². The van der Waals surface area contributed by atoms with Crippen molar-refractivity contribution in [2.24, 2.45) is 16.5 Å². The highest BCUT2D eigenvalue weighted by Crippen LogP contribution is 2.18. The van der Waals surface area contributed by atoms with Gasteiger partial charge in [0.2, 0.25) is 0 Å². The first kappa shape index (κ1) is 13.7. The number of aryl methyl sites for hydroxylation is 2. The number of guanidine groups is 1. The Balaban J connectivity index is 3.33. The van der Waals surface area contributed by atoms with E-state index in [-0.39, 0.29) is 11.5 Å². The molecule has 0 fully saturated rings. The van der Waals surface area contributed by atoms with Crippen LogP contribution in [-0.2, 0) is 4.74 Å². The van der Waals surface area contributed by atoms with Crippen molar-refractivity contribution in [3.8, 4) is 0 Å². The fourth-order valence-electron chi connectivity index (χ4n) is 1.59. The molecule has 6 heteroatoms. The molecule has 6 nitrogen and oxygen atoms in total. The molecule has 0 bridgehead atoms. The van der Waals surface area contributed by atoms with Gasteiger partial charge in [0.05, 0.1) is 12.7 Å². The zero-order valence-electron chi connectivity index (χ0n) is 10.5. The summed E-state index contributed by atoms with van der Waals surface area (Å²) >= 11 is 0. The quantitative estimate of drug-likeness (QED) is 0.451. The summed E-state index contributed by atoms with van der Waals surface area (Å²) in [5.41, 5.74) is 12.3. The van der Waals surface area contributed by atoms with Crippen molar-refractivity contribution >= 4 is 17.8 Å². The third-order valence-corrected chi connectivity index (χ3v) is 2.44. The average molecular weight is 249 g/mol. The van der Waals surface area contributed by atoms with Gasteiger partial charge in [0.1, 0.15) is 0 Å². The maximum absolute atomic E-state index is 11.8. The molecule has 0 aliphatic rings. The summed E-state index contributed by atoms with van der Waals surface area (Å²) in [7, 11) is 1.28. The van der Waals surface area contributed by atoms with E-state index in [2.05, 4.69) is 9.73 Å². The fraction of sp³-hybridized carbons (Fsp3) is 0.250. The second kappa shape index (κ2) is 5.31. The predicted molar refractivity (Wildman–Crippen MR) is 67.4 cm³/mol. The van der Waals surface area contributed by atoms with Gasteiger partial charge in [-0.3, -0.25) is 4.79 Å². The zero-order chi connectivity index (χ0) is 13.9. The molecule has 0 aliphatic heterocycles. The number of aliphatic imine (C=N–C) groups is 1. The van der Waals surface area contributed by atoms with Crippen LogP contribution in [0.5, 0.6) is 0 Å². The third kappa shape index (κ3) is 2.85. The Morgan fingerprint density at radius 3 is 2.17 bits per heavy atom. The number of amides is 1. The maximum Gasteiger partial charge on any atom is 0.338 e. The third-order valence-electron chi connectivity index (χ3n) is 2.44. The molecule has 96 valence electrons. The summed E-state index contributed by atoms with van der Waals surface area (Å²) in [5, 5.41) is 0. The molecule has 0 spiro atoms. The van der Waals surface area contributed by atoms with E-state index in [1.54, 1.807) is 19.9 Å². The standard InChI is InChI=1S/C12H15N3O3/c1-6-4-7(2)9(11(17)18-3)5-8(6)10(16)15-12(13)14/h4-5H,1-3H3,(H4,13,14,15,16). The lowest BCUT2D eigenvalue weighted by molar-refractivity contribution is 0.0600. The summed E-state index contributed by atoms with van der Waals surface area (Å²) < 4.78 is 4.64. The highest BCUT2D eigenvalue weighted by Gasteiger charge is 2.16. The summed E-state index contributed by atoms with van der Waals surface area (Å²) in [6.07, 6.45) is 0. The number of hydrogen-bond donors (Lipinski definition) is 2. The maximum atomic E-state index is 11.8. The summed E-state index contributed by atoms with van der Waals surface area (Å²) in [4.78, 5) is 26.7. The van der Waals surface area contributed by atoms with Crippen LogP contribution in [0.4, 0.5) is 0 Å². The van der Waals surface area contributed by atoms with Crippen LogP contribution in [0.15, 0.2) is 17.1 Å². The van der Waals surface area contributed by atoms with Crippen LogP contribution in [0.3, 0.4) is 0 Å². The molecule has 0 radical (unpaired) electrons. The Hall–Kier alpha value is -2.37. The number of benzene rings is 1. The van der Waals surface area contributed by atoms with Crippen LogP contribution in [0.2, 0.25) is 0 Å². The van der Waals surface area contributed by atoms with Crippen LogP contribution in [0.25, 0.3) is 0 Å². The van der Waals surface area contributed by atoms with Crippen molar-refractivity contribution in [3.05, 3.63) is 34.4 Å². The topological polar surface area (TPSA) is 108 Å². The van der Waals surface area contributed by atoms with Gasteiger partial charge in [-0.05, 0) is 31.0 Å². The monoisotopic (exact) mass is 249 g/mol. The molecule has 1 rings (SSSR count). The number of ether oxygens (including phenoxy) is 1. The Bertz CT molecular complexity index is 532. The van der Waals surface area contributed by atoms with Gasteiger partial charge < -0.3 is 16.2 Å². The Kier molecular flexibility index (Phi) is 4.04. The van der Waals surface area contributed by atoms with Crippen molar-refractivity contribution in [2.45, 2.75) is 13.8 Å². The zero-order valence-corrected chi connectivity index (χ0v) is 10.5. The molecule has 0 unspecified atom stereocenters. The van der Waals surface area contributed by atoms with Crippen molar-refractivity contribution in [1.82, 2.24) is 0 Å². The van der Waals surface area contributed by atoms with Gasteiger partial charge in [-0.1, -0.05) is 6.07 Å². The number of esters is 1. The van der Waals surface area contributed by atoms with Gasteiger partial charge in [0, 0.05) is 5.56 Å². The van der Waals surface area contributed by atoms with E-state index in [9.17, 15) is 9.59 Å². The van der Waals surface area contributed by atoms with E-state index >= 15 is 0 Å². The molecule has 0 saturated heterocycles. The minimum absolute atomic E-state index is 0.273. The minimum Gasteiger partial charge on any atom is -0.465 e. The molecule has 0 heterocycles. The molecule has 1 aromatic carbocycles. The lowest BCUT2D eigenvalue weighted by Crippen LogP contribution is -2.24. The first-order chi connectivity index (χ1) is 8.36. The molecule has 0 aliphatic carbocycles. The van der Waals surface area contributed by atoms with Crippen LogP contribution < -0.4 is 11.5 Å². The number of methoxy groups -OCH3 is 1. The van der Waals surface area contributed by atoms with Gasteiger partial charge in [0.25, 0.3) is 5.91 Å². The normalized spacial score (nSPS) is 9.72. The number of rotatable bonds is 2. The smallest absolute Gasteiger partial charge is 0.338 e. The van der Waals surface area contributed by atoms with Gasteiger partial charge in [-0.15, -0.1) is 0 Å². The van der Waals surface area contributed by atoms with Crippen LogP contribution >= 0.6 is 0 Å². The molecular formula is C12H15N3O3. The molecule has 18 heavy (non-hydrogen) atoms. The number of nitrogens with zero attached hydrogens (tertiary/aromatic N) is 1. The Morgan fingerprint density at radius 1 is 1.11 bits per heavy atom. The number of carbonyl (C=O) groups is 2. The summed E-state index contributed by atoms with van der Waals surface area (Å²) in [6.45, 7) is 3.50. The highest BCUT2D eigenvalue weighted by molar-refractivity contribution is 6.04. The second-order valence-electron chi connectivity index (χ2n) is 3.82. The number of nitrogens with two attached hydrogens (primary N) is 2. The van der Waals surface area contributed by atoms with E-state index in [1.165, 1.54) is 13.2 Å². The van der Waals surface area contributed by atoms with E-state index in [0.717, 1.165) is 5.56 Å². The van der Waals surface area contributed by atoms with Gasteiger partial charge in [-0.25, -0.2) is 4.79 Å². The first-order valence-electron chi connectivity index (χ1n) is 5.20. The Labute approximate surface area is 105 Å². The van der Waals surface area contributed by atoms with Crippen molar-refractivity contribution in [3.63, 3.8) is 0 Å². The molecule has 0 saturated carbocycles. The molecule has 1 aromatic rings. The highest BCUT2D eigenvalue weighted by atomic mass is 16.5. The average Bonchev–Trinajstić information content (AvgIpc) is 2.27. The lowest BCUT2D eigenvalue weighted by Gasteiger charge is -2.08. The molecule has 1 amide bonds. The summed E-state index contributed by atoms with van der Waals surface area (Å²) in [6, 6.07) is 3.15. The van der Waals surface area contributed by atoms with Crippen molar-refractivity contribution < 1.29 is 14.3 Å². The molecule has 0 atom stereocenters. The van der Waals surface area contributed by atoms with E-state index in [4.69, 9.17) is 11.5 Å². The second-order valence-corrected chi connectivity index (χ2v) is 3.82. The van der Waals surface area contributed by atoms with Crippen LogP contribution in [0, 0.1) is 13.8 Å². The van der Waals surface area contributed by atoms with E-state index in [1.807, 2.05) is 0 Å².